The third-order valence-electron chi connectivity index (χ3n) is 4.47. The van der Waals surface area contributed by atoms with Crippen molar-refractivity contribution in [3.05, 3.63) is 12.4 Å². The van der Waals surface area contributed by atoms with Crippen molar-refractivity contribution in [2.75, 3.05) is 23.3 Å². The highest BCUT2D eigenvalue weighted by atomic mass is 15.2. The van der Waals surface area contributed by atoms with Crippen LogP contribution in [0.2, 0.25) is 0 Å². The second kappa shape index (κ2) is 5.76. The van der Waals surface area contributed by atoms with Crippen LogP contribution in [0.4, 0.5) is 11.6 Å². The van der Waals surface area contributed by atoms with E-state index in [-0.39, 0.29) is 0 Å². The van der Waals surface area contributed by atoms with Crippen LogP contribution in [0.5, 0.6) is 0 Å². The number of piperidine rings is 1. The van der Waals surface area contributed by atoms with Gasteiger partial charge in [0.05, 0.1) is 12.4 Å². The quantitative estimate of drug-likeness (QED) is 0.903. The highest BCUT2D eigenvalue weighted by molar-refractivity contribution is 5.45. The number of anilines is 2. The van der Waals surface area contributed by atoms with Gasteiger partial charge >= 0.3 is 0 Å². The molecule has 4 heteroatoms. The summed E-state index contributed by atoms with van der Waals surface area (Å²) in [5, 5.41) is 3.33. The van der Waals surface area contributed by atoms with Gasteiger partial charge in [-0.05, 0) is 38.0 Å². The number of nitrogens with zero attached hydrogens (tertiary/aromatic N) is 3. The zero-order chi connectivity index (χ0) is 13.1. The molecule has 2 heterocycles. The zero-order valence-electron chi connectivity index (χ0n) is 11.8. The van der Waals surface area contributed by atoms with E-state index in [1.54, 1.807) is 0 Å². The van der Waals surface area contributed by atoms with Crippen LogP contribution in [0.15, 0.2) is 12.4 Å². The third kappa shape index (κ3) is 2.67. The number of rotatable bonds is 4. The Labute approximate surface area is 115 Å². The summed E-state index contributed by atoms with van der Waals surface area (Å²) in [5.41, 5.74) is 0. The van der Waals surface area contributed by atoms with Gasteiger partial charge in [0.1, 0.15) is 11.6 Å². The van der Waals surface area contributed by atoms with E-state index in [4.69, 9.17) is 4.98 Å². The van der Waals surface area contributed by atoms with Crippen LogP contribution in [-0.4, -0.2) is 29.1 Å². The molecule has 3 rings (SSSR count). The largest absolute Gasteiger partial charge is 0.369 e. The van der Waals surface area contributed by atoms with E-state index in [2.05, 4.69) is 22.1 Å². The normalized spacial score (nSPS) is 26.3. The molecule has 1 saturated heterocycles. The van der Waals surface area contributed by atoms with Crippen LogP contribution in [0.3, 0.4) is 0 Å². The van der Waals surface area contributed by atoms with Crippen LogP contribution in [0.25, 0.3) is 0 Å². The summed E-state index contributed by atoms with van der Waals surface area (Å²) < 4.78 is 0. The molecule has 1 aromatic heterocycles. The number of hydrogen-bond donors (Lipinski definition) is 1. The molecule has 19 heavy (non-hydrogen) atoms. The van der Waals surface area contributed by atoms with Gasteiger partial charge < -0.3 is 10.2 Å². The number of nitrogens with one attached hydrogen (secondary N) is 1. The van der Waals surface area contributed by atoms with E-state index in [1.165, 1.54) is 32.1 Å². The number of aromatic nitrogens is 2. The third-order valence-corrected chi connectivity index (χ3v) is 4.47. The van der Waals surface area contributed by atoms with E-state index in [1.807, 2.05) is 12.4 Å². The fourth-order valence-corrected chi connectivity index (χ4v) is 3.57. The van der Waals surface area contributed by atoms with Crippen LogP contribution >= 0.6 is 0 Å². The smallest absolute Gasteiger partial charge is 0.149 e. The van der Waals surface area contributed by atoms with Gasteiger partial charge in [-0.1, -0.05) is 13.3 Å². The monoisotopic (exact) mass is 260 g/mol. The maximum atomic E-state index is 4.75. The molecule has 0 amide bonds. The Morgan fingerprint density at radius 1 is 1.26 bits per heavy atom. The predicted octanol–water partition coefficient (Wildman–Crippen LogP) is 3.07. The van der Waals surface area contributed by atoms with Crippen molar-refractivity contribution in [3.63, 3.8) is 0 Å². The molecule has 1 aliphatic carbocycles. The van der Waals surface area contributed by atoms with Gasteiger partial charge in [0.25, 0.3) is 0 Å². The standard InChI is InChI=1S/C15H24N4/c1-2-8-17-14-10-16-11-15(18-14)19-9-4-6-12-5-3-7-13(12)19/h10-13H,2-9H2,1H3,(H,17,18). The molecule has 1 N–H and O–H groups in total. The molecule has 0 bridgehead atoms. The first kappa shape index (κ1) is 12.7. The van der Waals surface area contributed by atoms with Gasteiger partial charge in [-0.2, -0.15) is 0 Å². The van der Waals surface area contributed by atoms with E-state index < -0.39 is 0 Å². The molecule has 1 saturated carbocycles. The Balaban J connectivity index is 1.76. The highest BCUT2D eigenvalue weighted by Gasteiger charge is 2.35. The summed E-state index contributed by atoms with van der Waals surface area (Å²) in [7, 11) is 0. The lowest BCUT2D eigenvalue weighted by molar-refractivity contribution is 0.360. The second-order valence-corrected chi connectivity index (χ2v) is 5.78. The first-order valence-corrected chi connectivity index (χ1v) is 7.71. The fourth-order valence-electron chi connectivity index (χ4n) is 3.57. The summed E-state index contributed by atoms with van der Waals surface area (Å²) in [5.74, 6) is 2.87. The minimum Gasteiger partial charge on any atom is -0.369 e. The van der Waals surface area contributed by atoms with Crippen molar-refractivity contribution >= 4 is 11.6 Å². The van der Waals surface area contributed by atoms with Crippen LogP contribution < -0.4 is 10.2 Å². The molecule has 104 valence electrons. The van der Waals surface area contributed by atoms with Crippen LogP contribution in [0.1, 0.15) is 45.4 Å². The predicted molar refractivity (Wildman–Crippen MR) is 78.5 cm³/mol. The van der Waals surface area contributed by atoms with E-state index in [0.717, 1.165) is 37.1 Å². The van der Waals surface area contributed by atoms with Gasteiger partial charge in [-0.15, -0.1) is 0 Å². The summed E-state index contributed by atoms with van der Waals surface area (Å²) >= 11 is 0. The van der Waals surface area contributed by atoms with Gasteiger partial charge in [0.15, 0.2) is 0 Å². The maximum absolute atomic E-state index is 4.75. The average molecular weight is 260 g/mol. The first-order valence-electron chi connectivity index (χ1n) is 7.71. The van der Waals surface area contributed by atoms with Crippen molar-refractivity contribution < 1.29 is 0 Å². The van der Waals surface area contributed by atoms with Crippen molar-refractivity contribution in [3.8, 4) is 0 Å². The lowest BCUT2D eigenvalue weighted by Gasteiger charge is -2.38. The number of fused-ring (bicyclic) bond motifs is 1. The zero-order valence-corrected chi connectivity index (χ0v) is 11.8. The summed E-state index contributed by atoms with van der Waals surface area (Å²) in [6.45, 7) is 4.27. The van der Waals surface area contributed by atoms with Gasteiger partial charge in [-0.25, -0.2) is 4.98 Å². The SMILES string of the molecule is CCCNc1cncc(N2CCCC3CCCC32)n1. The van der Waals surface area contributed by atoms with Crippen molar-refractivity contribution in [1.29, 1.82) is 0 Å². The van der Waals surface area contributed by atoms with Crippen molar-refractivity contribution in [2.45, 2.75) is 51.5 Å². The molecule has 0 aromatic carbocycles. The molecule has 4 nitrogen and oxygen atoms in total. The molecule has 2 fully saturated rings. The lowest BCUT2D eigenvalue weighted by Crippen LogP contribution is -2.43. The number of hydrogen-bond acceptors (Lipinski definition) is 4. The summed E-state index contributed by atoms with van der Waals surface area (Å²) in [6.07, 6.45) is 11.7. The molecule has 1 aromatic rings. The Bertz CT molecular complexity index is 420. The topological polar surface area (TPSA) is 41.1 Å². The van der Waals surface area contributed by atoms with E-state index >= 15 is 0 Å². The maximum Gasteiger partial charge on any atom is 0.149 e. The molecular weight excluding hydrogens is 236 g/mol. The van der Waals surface area contributed by atoms with Gasteiger partial charge in [0.2, 0.25) is 0 Å². The van der Waals surface area contributed by atoms with Gasteiger partial charge in [0, 0.05) is 19.1 Å². The summed E-state index contributed by atoms with van der Waals surface area (Å²) in [4.78, 5) is 11.6. The average Bonchev–Trinajstić information content (AvgIpc) is 2.93. The molecular formula is C15H24N4. The fraction of sp³-hybridized carbons (Fsp3) is 0.733. The lowest BCUT2D eigenvalue weighted by atomic mass is 9.92. The molecule has 2 atom stereocenters. The summed E-state index contributed by atoms with van der Waals surface area (Å²) in [6, 6.07) is 0.712. The highest BCUT2D eigenvalue weighted by Crippen LogP contribution is 2.38. The van der Waals surface area contributed by atoms with Crippen LogP contribution in [-0.2, 0) is 0 Å². The second-order valence-electron chi connectivity index (χ2n) is 5.78. The Morgan fingerprint density at radius 2 is 2.16 bits per heavy atom. The molecule has 2 aliphatic rings. The first-order chi connectivity index (χ1) is 9.38. The minimum absolute atomic E-state index is 0.712. The van der Waals surface area contributed by atoms with E-state index in [0.29, 0.717) is 6.04 Å². The molecule has 1 aliphatic heterocycles. The van der Waals surface area contributed by atoms with Gasteiger partial charge in [-0.3, -0.25) is 4.98 Å². The van der Waals surface area contributed by atoms with Crippen LogP contribution in [0, 0.1) is 5.92 Å². The van der Waals surface area contributed by atoms with E-state index in [9.17, 15) is 0 Å². The Hall–Kier alpha value is -1.32. The Kier molecular flexibility index (Phi) is 3.85. The Morgan fingerprint density at radius 3 is 3.05 bits per heavy atom. The van der Waals surface area contributed by atoms with Crippen molar-refractivity contribution in [2.24, 2.45) is 5.92 Å². The molecule has 0 radical (unpaired) electrons. The molecule has 0 spiro atoms. The minimum atomic E-state index is 0.712. The van der Waals surface area contributed by atoms with Crippen molar-refractivity contribution in [1.82, 2.24) is 9.97 Å². The molecule has 2 unspecified atom stereocenters.